The molecule has 9 rings (SSSR count). The van der Waals surface area contributed by atoms with Crippen LogP contribution in [0.15, 0.2) is 188 Å². The lowest BCUT2D eigenvalue weighted by Gasteiger charge is -2.30. The Morgan fingerprint density at radius 1 is 0.420 bits per heavy atom. The van der Waals surface area contributed by atoms with Crippen molar-refractivity contribution < 1.29 is 23.3 Å². The normalized spacial score (nSPS) is 17.5. The number of benzene rings is 8. The van der Waals surface area contributed by atoms with E-state index in [-0.39, 0.29) is 74.5 Å². The van der Waals surface area contributed by atoms with E-state index >= 15 is 0 Å². The summed E-state index contributed by atoms with van der Waals surface area (Å²) in [7, 11) is 0. The van der Waals surface area contributed by atoms with Crippen LogP contribution in [0.4, 0.5) is 17.1 Å². The van der Waals surface area contributed by atoms with Gasteiger partial charge in [-0.15, -0.1) is 0 Å². The van der Waals surface area contributed by atoms with E-state index in [0.717, 1.165) is 5.56 Å². The van der Waals surface area contributed by atoms with Gasteiger partial charge < -0.3 is 4.90 Å². The highest BCUT2D eigenvalue weighted by atomic mass is 15.1. The minimum atomic E-state index is -1.26. The van der Waals surface area contributed by atoms with Crippen LogP contribution in [-0.4, -0.2) is 0 Å². The molecule has 0 radical (unpaired) electrons. The van der Waals surface area contributed by atoms with Crippen molar-refractivity contribution in [2.24, 2.45) is 0 Å². The maximum Gasteiger partial charge on any atom is 0.0648 e. The summed E-state index contributed by atoms with van der Waals surface area (Å²) in [6.45, 7) is 3.41. The van der Waals surface area contributed by atoms with Crippen LogP contribution < -0.4 is 4.90 Å². The molecule has 0 saturated carbocycles. The summed E-state index contributed by atoms with van der Waals surface area (Å²) in [6, 6.07) is 16.6. The van der Waals surface area contributed by atoms with Gasteiger partial charge in [0.25, 0.3) is 0 Å². The first kappa shape index (κ1) is 17.0. The summed E-state index contributed by atoms with van der Waals surface area (Å²) in [6.07, 6.45) is 0. The van der Waals surface area contributed by atoms with Gasteiger partial charge in [-0.05, 0) is 91.1 Å². The van der Waals surface area contributed by atoms with Gasteiger partial charge in [-0.2, -0.15) is 0 Å². The molecule has 50 heavy (non-hydrogen) atoms. The number of anilines is 3. The third-order valence-corrected chi connectivity index (χ3v) is 9.25. The molecule has 1 aliphatic carbocycles. The van der Waals surface area contributed by atoms with Crippen LogP contribution in [0.3, 0.4) is 0 Å². The molecular weight excluding hydrogens is 603 g/mol. The molecule has 8 aromatic rings. The van der Waals surface area contributed by atoms with Crippen molar-refractivity contribution in [2.45, 2.75) is 19.3 Å². The standard InChI is InChI=1S/C49H37N/c1-49(2)46-23-13-11-22-44(46)45-30-29-38(33-47(45)49)50(48-24-14-12-19-41(48)35-17-7-4-8-18-35)37-27-25-36(26-28-37)40-32-31-39(34-15-5-3-6-16-34)42-20-9-10-21-43(40)42/h3-33H,1-2H3/i3D,4D,5D,6D,7D,8D,11D,13D,15D,16D,17D,18D,22D,23D,29D,30D,33D. The number of nitrogens with zero attached hydrogens (tertiary/aromatic N) is 1. The van der Waals surface area contributed by atoms with E-state index in [1.807, 2.05) is 18.2 Å². The molecule has 1 heteroatoms. The zero-order valence-electron chi connectivity index (χ0n) is 44.0. The average molecular weight is 657 g/mol. The lowest BCUT2D eigenvalue weighted by molar-refractivity contribution is 0.660. The Kier molecular flexibility index (Phi) is 4.09. The lowest BCUT2D eigenvalue weighted by atomic mass is 9.82. The van der Waals surface area contributed by atoms with Gasteiger partial charge in [0.05, 0.1) is 29.0 Å². The molecule has 0 amide bonds. The maximum atomic E-state index is 9.98. The third-order valence-electron chi connectivity index (χ3n) is 9.25. The SMILES string of the molecule is [2H]c1c([2H])c([2H])c(-c2ccccc2N(c2ccc(-c3ccc(-c4c([2H])c([2H])c([2H])c([2H])c4[2H])c4ccccc34)cc2)c2c([2H])c([2H])c3c(c2[2H])C(C)(C)c2c([2H])c([2H])c([2H])c([2H])c2-3)c([2H])c1[2H]. The Balaban J connectivity index is 1.30. The van der Waals surface area contributed by atoms with Crippen molar-refractivity contribution in [3.05, 3.63) is 199 Å². The van der Waals surface area contributed by atoms with E-state index in [2.05, 4.69) is 0 Å². The largest absolute Gasteiger partial charge is 0.310 e. The number of fused-ring (bicyclic) bond motifs is 4. The maximum absolute atomic E-state index is 9.98. The second-order valence-electron chi connectivity index (χ2n) is 12.5. The van der Waals surface area contributed by atoms with Crippen LogP contribution in [0.5, 0.6) is 0 Å². The first-order valence-electron chi connectivity index (χ1n) is 24.6. The van der Waals surface area contributed by atoms with Crippen LogP contribution in [0, 0.1) is 0 Å². The van der Waals surface area contributed by atoms with Crippen molar-refractivity contribution in [3.63, 3.8) is 0 Å². The fourth-order valence-electron chi connectivity index (χ4n) is 6.86. The van der Waals surface area contributed by atoms with E-state index in [0.29, 0.717) is 27.6 Å². The first-order valence-corrected chi connectivity index (χ1v) is 16.1. The molecule has 0 fully saturated rings. The third kappa shape index (κ3) is 4.94. The number of para-hydroxylation sites is 1. The molecule has 0 aromatic heterocycles. The average Bonchev–Trinajstić information content (AvgIpc) is 3.58. The van der Waals surface area contributed by atoms with Crippen LogP contribution in [-0.2, 0) is 5.41 Å². The van der Waals surface area contributed by atoms with Crippen LogP contribution >= 0.6 is 0 Å². The first-order chi connectivity index (χ1) is 31.6. The zero-order chi connectivity index (χ0) is 48.5. The highest BCUT2D eigenvalue weighted by molar-refractivity contribution is 6.05. The lowest BCUT2D eigenvalue weighted by Crippen LogP contribution is -2.16. The minimum Gasteiger partial charge on any atom is -0.310 e. The summed E-state index contributed by atoms with van der Waals surface area (Å²) in [5.41, 5.74) is 1.52. The summed E-state index contributed by atoms with van der Waals surface area (Å²) in [4.78, 5) is 1.52. The molecule has 1 nitrogen and oxygen atoms in total. The van der Waals surface area contributed by atoms with Crippen LogP contribution in [0.2, 0.25) is 0 Å². The highest BCUT2D eigenvalue weighted by Crippen LogP contribution is 2.51. The molecule has 1 aliphatic rings. The van der Waals surface area contributed by atoms with E-state index < -0.39 is 84.0 Å². The molecule has 238 valence electrons. The van der Waals surface area contributed by atoms with Crippen molar-refractivity contribution >= 4 is 27.8 Å². The van der Waals surface area contributed by atoms with Crippen molar-refractivity contribution in [1.29, 1.82) is 0 Å². The van der Waals surface area contributed by atoms with Gasteiger partial charge in [0, 0.05) is 22.4 Å². The molecule has 0 bridgehead atoms. The van der Waals surface area contributed by atoms with Crippen molar-refractivity contribution in [3.8, 4) is 44.5 Å². The number of rotatable bonds is 6. The van der Waals surface area contributed by atoms with E-state index in [4.69, 9.17) is 19.2 Å². The molecule has 0 spiro atoms. The number of hydrogen-bond acceptors (Lipinski definition) is 1. The fraction of sp³-hybridized carbons (Fsp3) is 0.0612. The van der Waals surface area contributed by atoms with Gasteiger partial charge in [-0.3, -0.25) is 0 Å². The van der Waals surface area contributed by atoms with E-state index in [1.165, 1.54) is 4.90 Å². The fourth-order valence-corrected chi connectivity index (χ4v) is 6.86. The predicted octanol–water partition coefficient (Wildman–Crippen LogP) is 13.6. The van der Waals surface area contributed by atoms with E-state index in [1.54, 1.807) is 80.6 Å². The quantitative estimate of drug-likeness (QED) is 0.172. The van der Waals surface area contributed by atoms with Crippen LogP contribution in [0.1, 0.15) is 48.3 Å². The summed E-state index contributed by atoms with van der Waals surface area (Å²) >= 11 is 0. The molecular formula is C49H37N. The van der Waals surface area contributed by atoms with Gasteiger partial charge in [-0.25, -0.2) is 0 Å². The molecule has 8 aromatic carbocycles. The number of hydrogen-bond donors (Lipinski definition) is 0. The predicted molar refractivity (Wildman–Crippen MR) is 213 cm³/mol. The Hall–Kier alpha value is -6.18. The highest BCUT2D eigenvalue weighted by Gasteiger charge is 2.35. The zero-order valence-corrected chi connectivity index (χ0v) is 27.0. The second kappa shape index (κ2) is 12.1. The molecule has 0 unspecified atom stereocenters. The Labute approximate surface area is 318 Å². The molecule has 0 aliphatic heterocycles. The molecule has 0 heterocycles. The molecule has 0 N–H and O–H groups in total. The van der Waals surface area contributed by atoms with Crippen molar-refractivity contribution in [1.82, 2.24) is 0 Å². The summed E-state index contributed by atoms with van der Waals surface area (Å²) < 4.78 is 149. The van der Waals surface area contributed by atoms with Crippen molar-refractivity contribution in [2.75, 3.05) is 4.90 Å². The van der Waals surface area contributed by atoms with Gasteiger partial charge in [0.15, 0.2) is 0 Å². The Bertz CT molecular complexity index is 3420. The monoisotopic (exact) mass is 656 g/mol. The minimum absolute atomic E-state index is 0.0406. The topological polar surface area (TPSA) is 3.24 Å². The Morgan fingerprint density at radius 2 is 0.980 bits per heavy atom. The van der Waals surface area contributed by atoms with Gasteiger partial charge in [0.1, 0.15) is 0 Å². The van der Waals surface area contributed by atoms with Gasteiger partial charge in [-0.1, -0.05) is 171 Å². The summed E-state index contributed by atoms with van der Waals surface area (Å²) in [5, 5.41) is 1.33. The second-order valence-corrected chi connectivity index (χ2v) is 12.5. The van der Waals surface area contributed by atoms with E-state index in [9.17, 15) is 4.11 Å². The Morgan fingerprint density at radius 3 is 1.68 bits per heavy atom. The van der Waals surface area contributed by atoms with Crippen LogP contribution in [0.25, 0.3) is 55.3 Å². The van der Waals surface area contributed by atoms with Gasteiger partial charge >= 0.3 is 0 Å². The molecule has 0 saturated heterocycles. The molecule has 0 atom stereocenters. The summed E-state index contributed by atoms with van der Waals surface area (Å²) in [5.74, 6) is 0. The smallest absolute Gasteiger partial charge is 0.0648 e. The van der Waals surface area contributed by atoms with Gasteiger partial charge in [0.2, 0.25) is 0 Å².